The Balaban J connectivity index is 2.70. The third-order valence-corrected chi connectivity index (χ3v) is 2.18. The van der Waals surface area contributed by atoms with Gasteiger partial charge in [-0.25, -0.2) is 14.1 Å². The molecular weight excluding hydrogens is 225 g/mol. The average molecular weight is 233 g/mol. The van der Waals surface area contributed by atoms with E-state index in [-0.39, 0.29) is 29.1 Å². The zero-order valence-corrected chi connectivity index (χ0v) is 8.92. The molecular formula is C11H8FN3O2. The predicted octanol–water partition coefficient (Wildman–Crippen LogP) is 1.42. The second-order valence-corrected chi connectivity index (χ2v) is 3.35. The van der Waals surface area contributed by atoms with Crippen LogP contribution in [0, 0.1) is 5.82 Å². The molecule has 17 heavy (non-hydrogen) atoms. The van der Waals surface area contributed by atoms with Crippen LogP contribution in [0.15, 0.2) is 24.5 Å². The van der Waals surface area contributed by atoms with Crippen LogP contribution in [0.1, 0.15) is 27.9 Å². The molecule has 5 nitrogen and oxygen atoms in total. The first-order valence-electron chi connectivity index (χ1n) is 4.80. The molecule has 0 atom stereocenters. The molecule has 0 amide bonds. The van der Waals surface area contributed by atoms with Gasteiger partial charge in [-0.3, -0.25) is 9.59 Å². The molecule has 86 valence electrons. The van der Waals surface area contributed by atoms with Crippen molar-refractivity contribution in [2.45, 2.75) is 6.92 Å². The van der Waals surface area contributed by atoms with Gasteiger partial charge in [0, 0.05) is 25.4 Å². The van der Waals surface area contributed by atoms with Crippen molar-refractivity contribution in [2.24, 2.45) is 0 Å². The maximum absolute atomic E-state index is 13.4. The minimum atomic E-state index is -0.782. The quantitative estimate of drug-likeness (QED) is 0.594. The molecule has 0 fully saturated rings. The summed E-state index contributed by atoms with van der Waals surface area (Å²) in [6.45, 7) is 1.29. The summed E-state index contributed by atoms with van der Waals surface area (Å²) in [4.78, 5) is 25.7. The Morgan fingerprint density at radius 2 is 2.29 bits per heavy atom. The molecule has 0 spiro atoms. The van der Waals surface area contributed by atoms with E-state index in [1.54, 1.807) is 12.3 Å². The molecule has 2 aromatic heterocycles. The molecule has 0 saturated heterocycles. The van der Waals surface area contributed by atoms with Crippen molar-refractivity contribution in [3.8, 4) is 5.69 Å². The summed E-state index contributed by atoms with van der Waals surface area (Å²) < 4.78 is 14.8. The fourth-order valence-electron chi connectivity index (χ4n) is 1.42. The Hall–Kier alpha value is -2.37. The number of rotatable bonds is 3. The number of pyridine rings is 1. The SMILES string of the molecule is CC(=O)c1nc(C=O)c(F)cc1-n1cccn1. The summed E-state index contributed by atoms with van der Waals surface area (Å²) >= 11 is 0. The summed E-state index contributed by atoms with van der Waals surface area (Å²) in [5.41, 5.74) is -0.158. The standard InChI is InChI=1S/C11H8FN3O2/c1-7(17)11-10(15-4-2-3-13-15)5-8(12)9(6-16)14-11/h2-6H,1H3. The Kier molecular flexibility index (Phi) is 2.78. The van der Waals surface area contributed by atoms with Gasteiger partial charge in [-0.2, -0.15) is 5.10 Å². The highest BCUT2D eigenvalue weighted by atomic mass is 19.1. The first kappa shape index (κ1) is 11.1. The lowest BCUT2D eigenvalue weighted by Crippen LogP contribution is -2.10. The van der Waals surface area contributed by atoms with Crippen LogP contribution in [0.4, 0.5) is 4.39 Å². The van der Waals surface area contributed by atoms with Crippen LogP contribution >= 0.6 is 0 Å². The zero-order chi connectivity index (χ0) is 12.4. The van der Waals surface area contributed by atoms with Crippen LogP contribution < -0.4 is 0 Å². The number of halogens is 1. The monoisotopic (exact) mass is 233 g/mol. The van der Waals surface area contributed by atoms with Crippen molar-refractivity contribution in [3.05, 3.63) is 41.7 Å². The normalized spacial score (nSPS) is 10.2. The van der Waals surface area contributed by atoms with Gasteiger partial charge in [0.15, 0.2) is 17.9 Å². The fourth-order valence-corrected chi connectivity index (χ4v) is 1.42. The number of hydrogen-bond acceptors (Lipinski definition) is 4. The summed E-state index contributed by atoms with van der Waals surface area (Å²) in [5, 5.41) is 3.90. The van der Waals surface area contributed by atoms with Crippen LogP contribution in [-0.2, 0) is 0 Å². The maximum atomic E-state index is 13.4. The Labute approximate surface area is 95.9 Å². The van der Waals surface area contributed by atoms with Gasteiger partial charge in [-0.05, 0) is 6.07 Å². The second kappa shape index (κ2) is 4.25. The van der Waals surface area contributed by atoms with Gasteiger partial charge in [0.1, 0.15) is 11.4 Å². The highest BCUT2D eigenvalue weighted by Gasteiger charge is 2.16. The molecule has 0 unspecified atom stereocenters. The zero-order valence-electron chi connectivity index (χ0n) is 8.92. The number of aldehydes is 1. The second-order valence-electron chi connectivity index (χ2n) is 3.35. The fraction of sp³-hybridized carbons (Fsp3) is 0.0909. The minimum absolute atomic E-state index is 0.0113. The van der Waals surface area contributed by atoms with Gasteiger partial charge >= 0.3 is 0 Å². The van der Waals surface area contributed by atoms with Crippen molar-refractivity contribution in [1.82, 2.24) is 14.8 Å². The van der Waals surface area contributed by atoms with E-state index in [0.29, 0.717) is 0 Å². The first-order chi connectivity index (χ1) is 8.13. The molecule has 0 aliphatic rings. The van der Waals surface area contributed by atoms with E-state index in [4.69, 9.17) is 0 Å². The molecule has 0 aromatic carbocycles. The van der Waals surface area contributed by atoms with Crippen LogP contribution in [0.25, 0.3) is 5.69 Å². The topological polar surface area (TPSA) is 64.8 Å². The predicted molar refractivity (Wildman–Crippen MR) is 56.7 cm³/mol. The maximum Gasteiger partial charge on any atom is 0.180 e. The number of nitrogens with zero attached hydrogens (tertiary/aromatic N) is 3. The van der Waals surface area contributed by atoms with E-state index in [1.807, 2.05) is 0 Å². The third-order valence-electron chi connectivity index (χ3n) is 2.18. The molecule has 2 heterocycles. The number of carbonyl (C=O) groups excluding carboxylic acids is 2. The largest absolute Gasteiger partial charge is 0.296 e. The molecule has 0 saturated carbocycles. The van der Waals surface area contributed by atoms with Crippen molar-refractivity contribution in [2.75, 3.05) is 0 Å². The van der Waals surface area contributed by atoms with E-state index >= 15 is 0 Å². The summed E-state index contributed by atoms with van der Waals surface area (Å²) in [6.07, 6.45) is 3.33. The van der Waals surface area contributed by atoms with Gasteiger partial charge in [0.2, 0.25) is 0 Å². The van der Waals surface area contributed by atoms with Gasteiger partial charge < -0.3 is 0 Å². The minimum Gasteiger partial charge on any atom is -0.296 e. The van der Waals surface area contributed by atoms with E-state index in [1.165, 1.54) is 17.8 Å². The number of aromatic nitrogens is 3. The Bertz CT molecular complexity index is 579. The number of Topliss-reactive ketones (excluding diaryl/α,β-unsaturated/α-hetero) is 1. The Morgan fingerprint density at radius 1 is 1.53 bits per heavy atom. The van der Waals surface area contributed by atoms with Crippen molar-refractivity contribution in [3.63, 3.8) is 0 Å². The van der Waals surface area contributed by atoms with E-state index < -0.39 is 5.82 Å². The third kappa shape index (κ3) is 1.96. The molecule has 0 aliphatic carbocycles. The van der Waals surface area contributed by atoms with Gasteiger partial charge in [-0.1, -0.05) is 0 Å². The van der Waals surface area contributed by atoms with Crippen molar-refractivity contribution >= 4 is 12.1 Å². The van der Waals surface area contributed by atoms with Crippen LogP contribution in [0.2, 0.25) is 0 Å². The van der Waals surface area contributed by atoms with E-state index in [9.17, 15) is 14.0 Å². The first-order valence-corrected chi connectivity index (χ1v) is 4.80. The molecule has 6 heteroatoms. The van der Waals surface area contributed by atoms with Crippen molar-refractivity contribution < 1.29 is 14.0 Å². The summed E-state index contributed by atoms with van der Waals surface area (Å²) in [7, 11) is 0. The van der Waals surface area contributed by atoms with Crippen molar-refractivity contribution in [1.29, 1.82) is 0 Å². The molecule has 0 bridgehead atoms. The molecule has 0 radical (unpaired) electrons. The van der Waals surface area contributed by atoms with E-state index in [2.05, 4.69) is 10.1 Å². The summed E-state index contributed by atoms with van der Waals surface area (Å²) in [6, 6.07) is 2.70. The van der Waals surface area contributed by atoms with E-state index in [0.717, 1.165) is 6.07 Å². The van der Waals surface area contributed by atoms with Gasteiger partial charge in [0.25, 0.3) is 0 Å². The van der Waals surface area contributed by atoms with Crippen LogP contribution in [0.3, 0.4) is 0 Å². The number of ketones is 1. The Morgan fingerprint density at radius 3 is 2.82 bits per heavy atom. The van der Waals surface area contributed by atoms with Crippen LogP contribution in [0.5, 0.6) is 0 Å². The molecule has 0 N–H and O–H groups in total. The van der Waals surface area contributed by atoms with Crippen LogP contribution in [-0.4, -0.2) is 26.8 Å². The highest BCUT2D eigenvalue weighted by Crippen LogP contribution is 2.15. The van der Waals surface area contributed by atoms with Gasteiger partial charge in [0.05, 0.1) is 5.69 Å². The number of carbonyl (C=O) groups is 2. The van der Waals surface area contributed by atoms with Gasteiger partial charge in [-0.15, -0.1) is 0 Å². The molecule has 2 rings (SSSR count). The summed E-state index contributed by atoms with van der Waals surface area (Å²) in [5.74, 6) is -1.14. The average Bonchev–Trinajstić information content (AvgIpc) is 2.81. The lowest BCUT2D eigenvalue weighted by atomic mass is 10.2. The lowest BCUT2D eigenvalue weighted by molar-refractivity contribution is 0.101. The lowest BCUT2D eigenvalue weighted by Gasteiger charge is -2.07. The highest BCUT2D eigenvalue weighted by molar-refractivity contribution is 5.96. The molecule has 0 aliphatic heterocycles. The molecule has 2 aromatic rings. The smallest absolute Gasteiger partial charge is 0.180 e. The number of hydrogen-bond donors (Lipinski definition) is 0.